The lowest BCUT2D eigenvalue weighted by Crippen LogP contribution is -2.62. The van der Waals surface area contributed by atoms with Gasteiger partial charge in [0.15, 0.2) is 0 Å². The summed E-state index contributed by atoms with van der Waals surface area (Å²) < 4.78 is 13.8. The number of barbiturate groups is 1. The molecule has 0 bridgehead atoms. The molecule has 0 unspecified atom stereocenters. The molecule has 0 saturated carbocycles. The van der Waals surface area contributed by atoms with E-state index in [1.54, 1.807) is 0 Å². The van der Waals surface area contributed by atoms with Crippen LogP contribution in [0.3, 0.4) is 0 Å². The smallest absolute Gasteiger partial charge is 0.276 e. The number of halogens is 2. The van der Waals surface area contributed by atoms with Gasteiger partial charge < -0.3 is 0 Å². The van der Waals surface area contributed by atoms with Crippen LogP contribution < -0.4 is 10.2 Å². The van der Waals surface area contributed by atoms with E-state index in [1.165, 1.54) is 26.0 Å². The maximum absolute atomic E-state index is 13.8. The first-order chi connectivity index (χ1) is 8.76. The van der Waals surface area contributed by atoms with Gasteiger partial charge in [0, 0.05) is 0 Å². The monoisotopic (exact) mass is 284 g/mol. The van der Waals surface area contributed by atoms with Crippen molar-refractivity contribution in [2.24, 2.45) is 5.41 Å². The minimum absolute atomic E-state index is 0.0892. The van der Waals surface area contributed by atoms with E-state index in [-0.39, 0.29) is 10.7 Å². The number of para-hydroxylation sites is 1. The maximum atomic E-state index is 13.8. The van der Waals surface area contributed by atoms with Gasteiger partial charge in [-0.1, -0.05) is 17.7 Å². The lowest BCUT2D eigenvalue weighted by atomic mass is 9.88. The predicted octanol–water partition coefficient (Wildman–Crippen LogP) is 2.09. The zero-order valence-corrected chi connectivity index (χ0v) is 10.9. The van der Waals surface area contributed by atoms with Crippen molar-refractivity contribution in [3.8, 4) is 0 Å². The van der Waals surface area contributed by atoms with Gasteiger partial charge in [-0.05, 0) is 26.0 Å². The number of hydrogen-bond acceptors (Lipinski definition) is 3. The van der Waals surface area contributed by atoms with Crippen LogP contribution >= 0.6 is 11.6 Å². The summed E-state index contributed by atoms with van der Waals surface area (Å²) in [7, 11) is 0. The van der Waals surface area contributed by atoms with Crippen molar-refractivity contribution < 1.29 is 18.8 Å². The van der Waals surface area contributed by atoms with Gasteiger partial charge in [0.1, 0.15) is 16.9 Å². The quantitative estimate of drug-likeness (QED) is 0.803. The van der Waals surface area contributed by atoms with Crippen molar-refractivity contribution in [3.63, 3.8) is 0 Å². The molecule has 5 nitrogen and oxygen atoms in total. The molecule has 0 atom stereocenters. The van der Waals surface area contributed by atoms with Crippen LogP contribution in [0.4, 0.5) is 14.9 Å². The summed E-state index contributed by atoms with van der Waals surface area (Å²) >= 11 is 5.82. The van der Waals surface area contributed by atoms with Crippen molar-refractivity contribution in [3.05, 3.63) is 29.0 Å². The lowest BCUT2D eigenvalue weighted by molar-refractivity contribution is -0.140. The molecule has 1 aromatic rings. The first-order valence-corrected chi connectivity index (χ1v) is 5.78. The molecule has 0 aliphatic carbocycles. The number of carbonyl (C=O) groups excluding carboxylic acids is 3. The molecule has 1 aliphatic rings. The second-order valence-electron chi connectivity index (χ2n) is 4.60. The van der Waals surface area contributed by atoms with Crippen LogP contribution in [0.2, 0.25) is 5.02 Å². The second kappa shape index (κ2) is 4.31. The molecule has 2 rings (SSSR count). The first kappa shape index (κ1) is 13.5. The van der Waals surface area contributed by atoms with Crippen LogP contribution in [0.5, 0.6) is 0 Å². The summed E-state index contributed by atoms with van der Waals surface area (Å²) in [5.41, 5.74) is -1.83. The summed E-state index contributed by atoms with van der Waals surface area (Å²) in [6.45, 7) is 2.69. The Kier molecular flexibility index (Phi) is 3.06. The number of urea groups is 1. The SMILES string of the molecule is CC1(C)C(=O)NC(=O)N(c2c(F)cccc2Cl)C1=O. The normalized spacial score (nSPS) is 18.5. The fourth-order valence-electron chi connectivity index (χ4n) is 1.68. The van der Waals surface area contributed by atoms with Gasteiger partial charge in [0.05, 0.1) is 5.02 Å². The fourth-order valence-corrected chi connectivity index (χ4v) is 1.93. The van der Waals surface area contributed by atoms with Crippen LogP contribution in [-0.2, 0) is 9.59 Å². The van der Waals surface area contributed by atoms with E-state index in [0.29, 0.717) is 4.90 Å². The summed E-state index contributed by atoms with van der Waals surface area (Å²) in [5, 5.41) is 1.92. The third-order valence-electron chi connectivity index (χ3n) is 2.89. The van der Waals surface area contributed by atoms with Crippen molar-refractivity contribution in [2.45, 2.75) is 13.8 Å². The van der Waals surface area contributed by atoms with E-state index < -0.39 is 29.1 Å². The van der Waals surface area contributed by atoms with Gasteiger partial charge in [0.25, 0.3) is 0 Å². The van der Waals surface area contributed by atoms with Gasteiger partial charge in [-0.15, -0.1) is 0 Å². The van der Waals surface area contributed by atoms with Gasteiger partial charge in [-0.25, -0.2) is 14.1 Å². The van der Waals surface area contributed by atoms with Gasteiger partial charge in [-0.2, -0.15) is 0 Å². The number of hydrogen-bond donors (Lipinski definition) is 1. The second-order valence-corrected chi connectivity index (χ2v) is 5.00. The van der Waals surface area contributed by atoms with E-state index >= 15 is 0 Å². The summed E-state index contributed by atoms with van der Waals surface area (Å²) in [5.74, 6) is -2.37. The maximum Gasteiger partial charge on any atom is 0.335 e. The van der Waals surface area contributed by atoms with E-state index in [1.807, 2.05) is 5.32 Å². The third kappa shape index (κ3) is 1.98. The highest BCUT2D eigenvalue weighted by Crippen LogP contribution is 2.34. The third-order valence-corrected chi connectivity index (χ3v) is 3.20. The highest BCUT2D eigenvalue weighted by molar-refractivity contribution is 6.37. The molecule has 1 fully saturated rings. The van der Waals surface area contributed by atoms with Crippen LogP contribution in [0.25, 0.3) is 0 Å². The standard InChI is InChI=1S/C12H10ClFN2O3/c1-12(2)9(17)15-11(19)16(10(12)18)8-6(13)4-3-5-7(8)14/h3-5H,1-2H3,(H,15,17,19). The first-order valence-electron chi connectivity index (χ1n) is 5.41. The van der Waals surface area contributed by atoms with Gasteiger partial charge >= 0.3 is 6.03 Å². The Labute approximate surface area is 113 Å². The molecule has 0 spiro atoms. The molecule has 0 radical (unpaired) electrons. The molecule has 1 N–H and O–H groups in total. The molecule has 1 saturated heterocycles. The van der Waals surface area contributed by atoms with Crippen molar-refractivity contribution in [1.82, 2.24) is 5.32 Å². The minimum atomic E-state index is -1.47. The summed E-state index contributed by atoms with van der Waals surface area (Å²) in [4.78, 5) is 36.1. The van der Waals surface area contributed by atoms with E-state index in [4.69, 9.17) is 11.6 Å². The Morgan fingerprint density at radius 1 is 1.26 bits per heavy atom. The Morgan fingerprint density at radius 3 is 2.47 bits per heavy atom. The molecule has 4 amide bonds. The summed E-state index contributed by atoms with van der Waals surface area (Å²) in [6, 6.07) is 2.76. The molecule has 7 heteroatoms. The molecular weight excluding hydrogens is 275 g/mol. The number of carbonyl (C=O) groups is 3. The number of anilines is 1. The zero-order valence-electron chi connectivity index (χ0n) is 10.2. The van der Waals surface area contributed by atoms with Crippen molar-refractivity contribution in [1.29, 1.82) is 0 Å². The van der Waals surface area contributed by atoms with Gasteiger partial charge in [0.2, 0.25) is 11.8 Å². The van der Waals surface area contributed by atoms with Crippen molar-refractivity contribution in [2.75, 3.05) is 4.90 Å². The Morgan fingerprint density at radius 2 is 1.89 bits per heavy atom. The number of imide groups is 2. The molecule has 0 aromatic heterocycles. The average molecular weight is 285 g/mol. The van der Waals surface area contributed by atoms with Crippen molar-refractivity contribution >= 4 is 35.1 Å². The number of benzene rings is 1. The van der Waals surface area contributed by atoms with Gasteiger partial charge in [-0.3, -0.25) is 14.9 Å². The lowest BCUT2D eigenvalue weighted by Gasteiger charge is -2.34. The van der Waals surface area contributed by atoms with Crippen LogP contribution in [0.1, 0.15) is 13.8 Å². The molecule has 100 valence electrons. The van der Waals surface area contributed by atoms with Crippen LogP contribution in [0.15, 0.2) is 18.2 Å². The number of rotatable bonds is 1. The molecular formula is C12H10ClFN2O3. The highest BCUT2D eigenvalue weighted by atomic mass is 35.5. The fraction of sp³-hybridized carbons (Fsp3) is 0.250. The number of nitrogens with one attached hydrogen (secondary N) is 1. The molecule has 19 heavy (non-hydrogen) atoms. The van der Waals surface area contributed by atoms with Crippen LogP contribution in [0, 0.1) is 11.2 Å². The Balaban J connectivity index is 2.58. The average Bonchev–Trinajstić information content (AvgIpc) is 2.31. The minimum Gasteiger partial charge on any atom is -0.276 e. The Bertz CT molecular complexity index is 580. The molecule has 1 aromatic carbocycles. The largest absolute Gasteiger partial charge is 0.335 e. The number of amides is 4. The zero-order chi connectivity index (χ0) is 14.4. The Hall–Kier alpha value is -1.95. The number of nitrogens with zero attached hydrogens (tertiary/aromatic N) is 1. The predicted molar refractivity (Wildman–Crippen MR) is 66.2 cm³/mol. The molecule has 1 aliphatic heterocycles. The molecule has 1 heterocycles. The van der Waals surface area contributed by atoms with E-state index in [9.17, 15) is 18.8 Å². The highest BCUT2D eigenvalue weighted by Gasteiger charge is 2.48. The van der Waals surface area contributed by atoms with Crippen LogP contribution in [-0.4, -0.2) is 17.8 Å². The topological polar surface area (TPSA) is 66.5 Å². The summed E-state index contributed by atoms with van der Waals surface area (Å²) in [6.07, 6.45) is 0. The van der Waals surface area contributed by atoms with E-state index in [2.05, 4.69) is 0 Å². The van der Waals surface area contributed by atoms with E-state index in [0.717, 1.165) is 6.07 Å².